The van der Waals surface area contributed by atoms with E-state index in [4.69, 9.17) is 5.73 Å². The SMILES string of the molecule is CNCCC(N)C(O)c1cc(C)cc(C)c1. The van der Waals surface area contributed by atoms with Crippen molar-refractivity contribution in [3.63, 3.8) is 0 Å². The molecule has 0 aliphatic rings. The number of aliphatic hydroxyl groups is 1. The van der Waals surface area contributed by atoms with Crippen LogP contribution in [0.15, 0.2) is 18.2 Å². The maximum Gasteiger partial charge on any atom is 0.0941 e. The minimum atomic E-state index is -0.577. The molecule has 0 aliphatic heterocycles. The Balaban J connectivity index is 2.74. The number of aliphatic hydroxyl groups excluding tert-OH is 1. The summed E-state index contributed by atoms with van der Waals surface area (Å²) in [6.45, 7) is 4.88. The number of rotatable bonds is 5. The lowest BCUT2D eigenvalue weighted by Crippen LogP contribution is -2.31. The van der Waals surface area contributed by atoms with Crippen molar-refractivity contribution in [3.05, 3.63) is 34.9 Å². The van der Waals surface area contributed by atoms with Crippen molar-refractivity contribution in [1.82, 2.24) is 5.32 Å². The third kappa shape index (κ3) is 3.59. The second kappa shape index (κ2) is 5.99. The highest BCUT2D eigenvalue weighted by atomic mass is 16.3. The zero-order valence-corrected chi connectivity index (χ0v) is 10.3. The summed E-state index contributed by atoms with van der Waals surface area (Å²) in [5.74, 6) is 0. The first-order chi connectivity index (χ1) is 7.54. The van der Waals surface area contributed by atoms with Crippen molar-refractivity contribution in [1.29, 1.82) is 0 Å². The molecule has 0 heterocycles. The van der Waals surface area contributed by atoms with Crippen LogP contribution in [0.3, 0.4) is 0 Å². The summed E-state index contributed by atoms with van der Waals surface area (Å²) in [5.41, 5.74) is 9.19. The highest BCUT2D eigenvalue weighted by Crippen LogP contribution is 2.20. The molecule has 90 valence electrons. The van der Waals surface area contributed by atoms with Gasteiger partial charge in [0.2, 0.25) is 0 Å². The maximum atomic E-state index is 10.1. The third-order valence-corrected chi connectivity index (χ3v) is 2.72. The lowest BCUT2D eigenvalue weighted by Gasteiger charge is -2.20. The van der Waals surface area contributed by atoms with Crippen LogP contribution in [0.4, 0.5) is 0 Å². The van der Waals surface area contributed by atoms with Crippen LogP contribution in [0.2, 0.25) is 0 Å². The van der Waals surface area contributed by atoms with Crippen LogP contribution in [-0.2, 0) is 0 Å². The fraction of sp³-hybridized carbons (Fsp3) is 0.538. The molecule has 0 spiro atoms. The molecule has 0 saturated carbocycles. The minimum Gasteiger partial charge on any atom is -0.387 e. The van der Waals surface area contributed by atoms with E-state index in [1.807, 2.05) is 33.0 Å². The summed E-state index contributed by atoms with van der Waals surface area (Å²) in [5, 5.41) is 13.1. The summed E-state index contributed by atoms with van der Waals surface area (Å²) < 4.78 is 0. The third-order valence-electron chi connectivity index (χ3n) is 2.72. The molecule has 0 aliphatic carbocycles. The van der Waals surface area contributed by atoms with Gasteiger partial charge in [0.15, 0.2) is 0 Å². The van der Waals surface area contributed by atoms with Gasteiger partial charge in [-0.15, -0.1) is 0 Å². The average molecular weight is 222 g/mol. The summed E-state index contributed by atoms with van der Waals surface area (Å²) in [7, 11) is 1.88. The van der Waals surface area contributed by atoms with Crippen LogP contribution in [0, 0.1) is 13.8 Å². The zero-order chi connectivity index (χ0) is 12.1. The molecular formula is C13H22N2O. The van der Waals surface area contributed by atoms with Gasteiger partial charge in [0.25, 0.3) is 0 Å². The van der Waals surface area contributed by atoms with E-state index in [-0.39, 0.29) is 6.04 Å². The normalized spacial score (nSPS) is 14.8. The molecule has 1 rings (SSSR count). The molecule has 4 N–H and O–H groups in total. The molecule has 3 heteroatoms. The van der Waals surface area contributed by atoms with Gasteiger partial charge >= 0.3 is 0 Å². The smallest absolute Gasteiger partial charge is 0.0941 e. The number of nitrogens with two attached hydrogens (primary N) is 1. The molecule has 2 atom stereocenters. The lowest BCUT2D eigenvalue weighted by molar-refractivity contribution is 0.142. The molecule has 0 amide bonds. The summed E-state index contributed by atoms with van der Waals surface area (Å²) in [6, 6.07) is 5.87. The molecule has 0 radical (unpaired) electrons. The monoisotopic (exact) mass is 222 g/mol. The van der Waals surface area contributed by atoms with E-state index in [1.54, 1.807) is 0 Å². The van der Waals surface area contributed by atoms with E-state index < -0.39 is 6.10 Å². The molecule has 0 bridgehead atoms. The number of aryl methyl sites for hydroxylation is 2. The van der Waals surface area contributed by atoms with E-state index >= 15 is 0 Å². The Hall–Kier alpha value is -0.900. The first-order valence-electron chi connectivity index (χ1n) is 5.71. The van der Waals surface area contributed by atoms with E-state index in [0.29, 0.717) is 0 Å². The van der Waals surface area contributed by atoms with Crippen LogP contribution >= 0.6 is 0 Å². The summed E-state index contributed by atoms with van der Waals surface area (Å²) >= 11 is 0. The number of benzene rings is 1. The number of hydrogen-bond donors (Lipinski definition) is 3. The Bertz CT molecular complexity index is 318. The molecule has 2 unspecified atom stereocenters. The Kier molecular flexibility index (Phi) is 4.93. The van der Waals surface area contributed by atoms with Crippen molar-refractivity contribution >= 4 is 0 Å². The second-order valence-electron chi connectivity index (χ2n) is 4.42. The Labute approximate surface area is 97.7 Å². The van der Waals surface area contributed by atoms with Gasteiger partial charge in [-0.3, -0.25) is 0 Å². The van der Waals surface area contributed by atoms with Crippen LogP contribution in [-0.4, -0.2) is 24.7 Å². The predicted molar refractivity (Wildman–Crippen MR) is 67.4 cm³/mol. The maximum absolute atomic E-state index is 10.1. The molecule has 1 aromatic carbocycles. The van der Waals surface area contributed by atoms with Gasteiger partial charge in [-0.25, -0.2) is 0 Å². The van der Waals surface area contributed by atoms with Gasteiger partial charge in [-0.05, 0) is 39.4 Å². The van der Waals surface area contributed by atoms with Gasteiger partial charge in [0.05, 0.1) is 6.10 Å². The summed E-state index contributed by atoms with van der Waals surface area (Å²) in [6.07, 6.45) is 0.192. The van der Waals surface area contributed by atoms with E-state index in [1.165, 1.54) is 0 Å². The first-order valence-corrected chi connectivity index (χ1v) is 5.71. The standard InChI is InChI=1S/C13H22N2O/c1-9-6-10(2)8-11(7-9)13(16)12(14)4-5-15-3/h6-8,12-13,15-16H,4-5,14H2,1-3H3. The average Bonchev–Trinajstić information content (AvgIpc) is 2.23. The Morgan fingerprint density at radius 2 is 1.81 bits per heavy atom. The highest BCUT2D eigenvalue weighted by molar-refractivity contribution is 5.30. The molecule has 0 fully saturated rings. The molecule has 0 aromatic heterocycles. The van der Waals surface area contributed by atoms with Crippen molar-refractivity contribution in [2.45, 2.75) is 32.4 Å². The topological polar surface area (TPSA) is 58.3 Å². The van der Waals surface area contributed by atoms with Crippen LogP contribution < -0.4 is 11.1 Å². The fourth-order valence-corrected chi connectivity index (χ4v) is 1.90. The van der Waals surface area contributed by atoms with Crippen molar-refractivity contribution < 1.29 is 5.11 Å². The van der Waals surface area contributed by atoms with E-state index in [2.05, 4.69) is 11.4 Å². The van der Waals surface area contributed by atoms with Crippen molar-refractivity contribution in [2.75, 3.05) is 13.6 Å². The van der Waals surface area contributed by atoms with Gasteiger partial charge < -0.3 is 16.2 Å². The zero-order valence-electron chi connectivity index (χ0n) is 10.3. The minimum absolute atomic E-state index is 0.214. The molecule has 16 heavy (non-hydrogen) atoms. The molecule has 0 saturated heterocycles. The molecular weight excluding hydrogens is 200 g/mol. The largest absolute Gasteiger partial charge is 0.387 e. The quantitative estimate of drug-likeness (QED) is 0.703. The Morgan fingerprint density at radius 3 is 2.31 bits per heavy atom. The Morgan fingerprint density at radius 1 is 1.25 bits per heavy atom. The molecule has 3 nitrogen and oxygen atoms in total. The summed E-state index contributed by atoms with van der Waals surface area (Å²) in [4.78, 5) is 0. The van der Waals surface area contributed by atoms with E-state index in [9.17, 15) is 5.11 Å². The number of nitrogens with one attached hydrogen (secondary N) is 1. The first kappa shape index (κ1) is 13.2. The van der Waals surface area contributed by atoms with Gasteiger partial charge in [0, 0.05) is 6.04 Å². The highest BCUT2D eigenvalue weighted by Gasteiger charge is 2.16. The number of hydrogen-bond acceptors (Lipinski definition) is 3. The fourth-order valence-electron chi connectivity index (χ4n) is 1.90. The van der Waals surface area contributed by atoms with Crippen LogP contribution in [0.1, 0.15) is 29.2 Å². The van der Waals surface area contributed by atoms with Crippen molar-refractivity contribution in [3.8, 4) is 0 Å². The lowest BCUT2D eigenvalue weighted by atomic mass is 9.97. The predicted octanol–water partition coefficient (Wildman–Crippen LogP) is 1.27. The van der Waals surface area contributed by atoms with Gasteiger partial charge in [-0.2, -0.15) is 0 Å². The second-order valence-corrected chi connectivity index (χ2v) is 4.42. The van der Waals surface area contributed by atoms with Gasteiger partial charge in [0.1, 0.15) is 0 Å². The van der Waals surface area contributed by atoms with E-state index in [0.717, 1.165) is 29.7 Å². The molecule has 1 aromatic rings. The van der Waals surface area contributed by atoms with Crippen LogP contribution in [0.5, 0.6) is 0 Å². The van der Waals surface area contributed by atoms with Gasteiger partial charge in [-0.1, -0.05) is 29.3 Å². The van der Waals surface area contributed by atoms with Crippen molar-refractivity contribution in [2.24, 2.45) is 5.73 Å². The van der Waals surface area contributed by atoms with Crippen LogP contribution in [0.25, 0.3) is 0 Å².